The van der Waals surface area contributed by atoms with E-state index < -0.39 is 10.0 Å². The Morgan fingerprint density at radius 2 is 2.16 bits per heavy atom. The minimum atomic E-state index is -3.34. The summed E-state index contributed by atoms with van der Waals surface area (Å²) in [4.78, 5) is 0.241. The molecule has 0 saturated carbocycles. The zero-order chi connectivity index (χ0) is 14.5. The number of hydrogen-bond donors (Lipinski definition) is 2. The number of sulfonamides is 1. The molecule has 0 unspecified atom stereocenters. The molecule has 1 aromatic rings. The van der Waals surface area contributed by atoms with Crippen LogP contribution in [0.3, 0.4) is 0 Å². The van der Waals surface area contributed by atoms with E-state index in [1.54, 1.807) is 24.3 Å². The molecule has 19 heavy (non-hydrogen) atoms. The average Bonchev–Trinajstić information content (AvgIpc) is 2.24. The van der Waals surface area contributed by atoms with E-state index in [1.165, 1.54) is 0 Å². The molecule has 0 heterocycles. The second kappa shape index (κ2) is 6.72. The van der Waals surface area contributed by atoms with E-state index >= 15 is 0 Å². The van der Waals surface area contributed by atoms with Gasteiger partial charge in [-0.15, -0.1) is 0 Å². The fraction of sp³-hybridized carbons (Fsp3) is 0.417. The molecule has 3 N–H and O–H groups in total. The quantitative estimate of drug-likeness (QED) is 0.750. The van der Waals surface area contributed by atoms with E-state index in [4.69, 9.17) is 22.7 Å². The molecule has 0 spiro atoms. The van der Waals surface area contributed by atoms with Crippen LogP contribution in [0.2, 0.25) is 0 Å². The molecule has 1 rings (SSSR count). The lowest BCUT2D eigenvalue weighted by atomic mass is 10.3. The van der Waals surface area contributed by atoms with Crippen LogP contribution in [0.25, 0.3) is 0 Å². The second-order valence-corrected chi connectivity index (χ2v) is 6.85. The predicted molar refractivity (Wildman–Crippen MR) is 81.0 cm³/mol. The van der Waals surface area contributed by atoms with Crippen LogP contribution in [-0.4, -0.2) is 25.8 Å². The van der Waals surface area contributed by atoms with Gasteiger partial charge in [0.05, 0.1) is 11.4 Å². The minimum absolute atomic E-state index is 0.0616. The van der Waals surface area contributed by atoms with Gasteiger partial charge >= 0.3 is 0 Å². The fourth-order valence-corrected chi connectivity index (χ4v) is 2.97. The first-order valence-corrected chi connectivity index (χ1v) is 7.86. The van der Waals surface area contributed by atoms with E-state index in [0.29, 0.717) is 11.4 Å². The van der Waals surface area contributed by atoms with Crippen molar-refractivity contribution in [3.63, 3.8) is 0 Å². The van der Waals surface area contributed by atoms with E-state index in [2.05, 4.69) is 4.72 Å². The summed E-state index contributed by atoms with van der Waals surface area (Å²) in [5.74, 6) is 0.648. The maximum absolute atomic E-state index is 11.8. The lowest BCUT2D eigenvalue weighted by Gasteiger charge is -2.11. The van der Waals surface area contributed by atoms with Crippen LogP contribution in [0.5, 0.6) is 5.75 Å². The van der Waals surface area contributed by atoms with Gasteiger partial charge in [-0.05, 0) is 18.1 Å². The number of nitrogens with one attached hydrogen (secondary N) is 1. The Hall–Kier alpha value is -1.34. The van der Waals surface area contributed by atoms with Crippen LogP contribution in [0, 0.1) is 5.92 Å². The first-order chi connectivity index (χ1) is 8.78. The molecule has 0 aliphatic rings. The third-order valence-electron chi connectivity index (χ3n) is 2.04. The molecule has 0 radical (unpaired) electrons. The van der Waals surface area contributed by atoms with Gasteiger partial charge in [-0.25, -0.2) is 8.42 Å². The minimum Gasteiger partial charge on any atom is -0.486 e. The van der Waals surface area contributed by atoms with Gasteiger partial charge < -0.3 is 10.5 Å². The highest BCUT2D eigenvalue weighted by atomic mass is 32.2. The van der Waals surface area contributed by atoms with E-state index in [9.17, 15) is 8.42 Å². The highest BCUT2D eigenvalue weighted by Crippen LogP contribution is 2.18. The van der Waals surface area contributed by atoms with Gasteiger partial charge in [0.2, 0.25) is 10.0 Å². The van der Waals surface area contributed by atoms with Crippen LogP contribution in [-0.2, 0) is 10.0 Å². The monoisotopic (exact) mass is 302 g/mol. The summed E-state index contributed by atoms with van der Waals surface area (Å²) in [6, 6.07) is 6.66. The van der Waals surface area contributed by atoms with E-state index in [1.807, 2.05) is 13.8 Å². The maximum Gasteiger partial charge on any atom is 0.232 e. The first-order valence-electron chi connectivity index (χ1n) is 5.80. The zero-order valence-corrected chi connectivity index (χ0v) is 12.6. The van der Waals surface area contributed by atoms with Crippen LogP contribution in [0.4, 0.5) is 5.69 Å². The number of rotatable bonds is 7. The van der Waals surface area contributed by atoms with Crippen LogP contribution < -0.4 is 15.2 Å². The SMILES string of the molecule is CC(C)CS(=O)(=O)Nc1cccc(OCC(N)=S)c1. The van der Waals surface area contributed by atoms with Gasteiger partial charge in [-0.3, -0.25) is 4.72 Å². The van der Waals surface area contributed by atoms with Crippen molar-refractivity contribution in [2.75, 3.05) is 17.1 Å². The smallest absolute Gasteiger partial charge is 0.232 e. The Labute approximate surface area is 119 Å². The van der Waals surface area contributed by atoms with Crippen LogP contribution in [0.1, 0.15) is 13.8 Å². The third kappa shape index (κ3) is 6.40. The Balaban J connectivity index is 2.74. The number of anilines is 1. The van der Waals surface area contributed by atoms with Gasteiger partial charge in [0, 0.05) is 6.07 Å². The molecule has 106 valence electrons. The summed E-state index contributed by atoms with van der Waals surface area (Å²) in [5, 5.41) is 0. The van der Waals surface area contributed by atoms with Crippen molar-refractivity contribution in [3.05, 3.63) is 24.3 Å². The average molecular weight is 302 g/mol. The van der Waals surface area contributed by atoms with Gasteiger partial charge in [0.15, 0.2) is 0 Å². The van der Waals surface area contributed by atoms with Crippen molar-refractivity contribution in [1.82, 2.24) is 0 Å². The van der Waals surface area contributed by atoms with Crippen LogP contribution in [0.15, 0.2) is 24.3 Å². The highest BCUT2D eigenvalue weighted by molar-refractivity contribution is 7.92. The molecule has 0 bridgehead atoms. The Bertz CT molecular complexity index is 542. The second-order valence-electron chi connectivity index (χ2n) is 4.56. The fourth-order valence-electron chi connectivity index (χ4n) is 1.46. The highest BCUT2D eigenvalue weighted by Gasteiger charge is 2.13. The summed E-state index contributed by atoms with van der Waals surface area (Å²) in [5.41, 5.74) is 5.79. The first kappa shape index (κ1) is 15.7. The van der Waals surface area contributed by atoms with E-state index in [-0.39, 0.29) is 23.3 Å². The zero-order valence-electron chi connectivity index (χ0n) is 10.9. The molecule has 5 nitrogen and oxygen atoms in total. The van der Waals surface area contributed by atoms with E-state index in [0.717, 1.165) is 0 Å². The number of nitrogens with two attached hydrogens (primary N) is 1. The Morgan fingerprint density at radius 3 is 2.74 bits per heavy atom. The predicted octanol–water partition coefficient (Wildman–Crippen LogP) is 1.75. The lowest BCUT2D eigenvalue weighted by molar-refractivity contribution is 0.378. The summed E-state index contributed by atoms with van der Waals surface area (Å²) in [7, 11) is -3.34. The van der Waals surface area contributed by atoms with Crippen molar-refractivity contribution in [1.29, 1.82) is 0 Å². The standard InChI is InChI=1S/C12H18N2O3S2/c1-9(2)8-19(15,16)14-10-4-3-5-11(6-10)17-7-12(13)18/h3-6,9,14H,7-8H2,1-2H3,(H2,13,18). The topological polar surface area (TPSA) is 81.4 Å². The molecule has 0 saturated heterocycles. The lowest BCUT2D eigenvalue weighted by Crippen LogP contribution is -2.20. The Morgan fingerprint density at radius 1 is 1.47 bits per heavy atom. The van der Waals surface area contributed by atoms with Crippen LogP contribution >= 0.6 is 12.2 Å². The van der Waals surface area contributed by atoms with Crippen molar-refractivity contribution >= 4 is 32.9 Å². The number of thiocarbonyl (C=S) groups is 1. The normalized spacial score (nSPS) is 11.3. The summed E-state index contributed by atoms with van der Waals surface area (Å²) < 4.78 is 31.4. The molecular weight excluding hydrogens is 284 g/mol. The largest absolute Gasteiger partial charge is 0.486 e. The summed E-state index contributed by atoms with van der Waals surface area (Å²) in [6.07, 6.45) is 0. The van der Waals surface area contributed by atoms with Gasteiger partial charge in [-0.2, -0.15) is 0 Å². The molecule has 7 heteroatoms. The van der Waals surface area contributed by atoms with Crippen molar-refractivity contribution < 1.29 is 13.2 Å². The van der Waals surface area contributed by atoms with Gasteiger partial charge in [0.25, 0.3) is 0 Å². The molecule has 0 fully saturated rings. The number of ether oxygens (including phenoxy) is 1. The van der Waals surface area contributed by atoms with Crippen molar-refractivity contribution in [2.45, 2.75) is 13.8 Å². The Kier molecular flexibility index (Phi) is 5.56. The van der Waals surface area contributed by atoms with Gasteiger partial charge in [0.1, 0.15) is 17.3 Å². The third-order valence-corrected chi connectivity index (χ3v) is 3.81. The summed E-state index contributed by atoms with van der Waals surface area (Å²) >= 11 is 4.70. The molecule has 0 amide bonds. The molecule has 1 aromatic carbocycles. The van der Waals surface area contributed by atoms with Crippen molar-refractivity contribution in [2.24, 2.45) is 11.7 Å². The number of benzene rings is 1. The van der Waals surface area contributed by atoms with Gasteiger partial charge in [-0.1, -0.05) is 32.1 Å². The number of hydrogen-bond acceptors (Lipinski definition) is 4. The molecule has 0 aromatic heterocycles. The molecule has 0 aliphatic carbocycles. The van der Waals surface area contributed by atoms with Crippen molar-refractivity contribution in [3.8, 4) is 5.75 Å². The summed E-state index contributed by atoms with van der Waals surface area (Å²) in [6.45, 7) is 3.82. The maximum atomic E-state index is 11.8. The molecule has 0 atom stereocenters. The molecule has 0 aliphatic heterocycles. The molecular formula is C12H18N2O3S2.